The van der Waals surface area contributed by atoms with Crippen LogP contribution in [0.4, 0.5) is 5.69 Å². The summed E-state index contributed by atoms with van der Waals surface area (Å²) in [5.41, 5.74) is 6.51. The summed E-state index contributed by atoms with van der Waals surface area (Å²) in [7, 11) is -4.06. The number of hydrazone groups is 1. The van der Waals surface area contributed by atoms with Crippen LogP contribution in [0.3, 0.4) is 0 Å². The number of benzene rings is 4. The molecule has 0 fully saturated rings. The molecular weight excluding hydrogens is 534 g/mol. The van der Waals surface area contributed by atoms with Gasteiger partial charge in [-0.05, 0) is 96.8 Å². The van der Waals surface area contributed by atoms with E-state index in [0.29, 0.717) is 23.1 Å². The first kappa shape index (κ1) is 27.9. The van der Waals surface area contributed by atoms with Crippen molar-refractivity contribution in [3.8, 4) is 5.75 Å². The molecule has 0 aliphatic carbocycles. The topological polar surface area (TPSA) is 88.1 Å². The van der Waals surface area contributed by atoms with Gasteiger partial charge >= 0.3 is 0 Å². The molecule has 0 radical (unpaired) electrons. The maximum Gasteiger partial charge on any atom is 0.264 e. The van der Waals surface area contributed by atoms with Crippen LogP contribution in [0.15, 0.2) is 107 Å². The quantitative estimate of drug-likeness (QED) is 0.193. The molecule has 0 bridgehead atoms. The maximum atomic E-state index is 13.5. The fraction of sp³-hybridized carbons (Fsp3) is 0.133. The second-order valence-corrected chi connectivity index (χ2v) is 11.2. The van der Waals surface area contributed by atoms with E-state index in [2.05, 4.69) is 10.5 Å². The lowest BCUT2D eigenvalue weighted by Crippen LogP contribution is -2.39. The lowest BCUT2D eigenvalue weighted by Gasteiger charge is -2.24. The smallest absolute Gasteiger partial charge is 0.264 e. The molecule has 0 spiro atoms. The Morgan fingerprint density at radius 3 is 2.28 bits per heavy atom. The first-order chi connectivity index (χ1) is 18.7. The van der Waals surface area contributed by atoms with Crippen LogP contribution in [0, 0.1) is 13.8 Å². The minimum atomic E-state index is -4.06. The Bertz CT molecular complexity index is 1560. The summed E-state index contributed by atoms with van der Waals surface area (Å²) in [4.78, 5) is 12.8. The van der Waals surface area contributed by atoms with E-state index >= 15 is 0 Å². The van der Waals surface area contributed by atoms with Crippen LogP contribution in [0.25, 0.3) is 0 Å². The van der Waals surface area contributed by atoms with Crippen LogP contribution < -0.4 is 14.5 Å². The van der Waals surface area contributed by atoms with Gasteiger partial charge in [-0.15, -0.1) is 0 Å². The average molecular weight is 562 g/mol. The summed E-state index contributed by atoms with van der Waals surface area (Å²) in [6.45, 7) is 3.81. The van der Waals surface area contributed by atoms with Crippen LogP contribution in [-0.2, 0) is 21.4 Å². The minimum Gasteiger partial charge on any atom is -0.489 e. The van der Waals surface area contributed by atoms with Gasteiger partial charge in [0.2, 0.25) is 0 Å². The molecular formula is C30H28ClN3O4S. The van der Waals surface area contributed by atoms with E-state index in [0.717, 1.165) is 26.6 Å². The Labute approximate surface area is 233 Å². The molecule has 1 N–H and O–H groups in total. The molecule has 1 amide bonds. The van der Waals surface area contributed by atoms with Crippen LogP contribution in [0.1, 0.15) is 22.3 Å². The normalized spacial score (nSPS) is 11.4. The Hall–Kier alpha value is -4.14. The molecule has 200 valence electrons. The molecule has 4 aromatic rings. The number of rotatable bonds is 10. The second kappa shape index (κ2) is 12.6. The summed E-state index contributed by atoms with van der Waals surface area (Å²) in [5, 5.41) is 4.42. The number of amides is 1. The predicted octanol–water partition coefficient (Wildman–Crippen LogP) is 5.88. The minimum absolute atomic E-state index is 0.0241. The zero-order valence-corrected chi connectivity index (χ0v) is 23.1. The molecule has 0 aliphatic rings. The number of anilines is 1. The third-order valence-corrected chi connectivity index (χ3v) is 8.04. The number of hydrogen-bond acceptors (Lipinski definition) is 5. The number of halogens is 1. The van der Waals surface area contributed by atoms with Crippen molar-refractivity contribution in [2.45, 2.75) is 25.3 Å². The van der Waals surface area contributed by atoms with Gasteiger partial charge in [-0.2, -0.15) is 5.10 Å². The third kappa shape index (κ3) is 7.46. The van der Waals surface area contributed by atoms with Crippen molar-refractivity contribution in [3.63, 3.8) is 0 Å². The molecule has 0 atom stereocenters. The van der Waals surface area contributed by atoms with Gasteiger partial charge in [-0.3, -0.25) is 9.10 Å². The highest BCUT2D eigenvalue weighted by atomic mass is 35.5. The largest absolute Gasteiger partial charge is 0.489 e. The summed E-state index contributed by atoms with van der Waals surface area (Å²) >= 11 is 5.94. The van der Waals surface area contributed by atoms with E-state index < -0.39 is 22.5 Å². The molecule has 0 heterocycles. The van der Waals surface area contributed by atoms with Gasteiger partial charge in [0.15, 0.2) is 0 Å². The summed E-state index contributed by atoms with van der Waals surface area (Å²) in [6, 6.07) is 28.1. The highest BCUT2D eigenvalue weighted by molar-refractivity contribution is 7.92. The molecule has 0 aliphatic heterocycles. The molecule has 0 aromatic heterocycles. The van der Waals surface area contributed by atoms with Crippen molar-refractivity contribution < 1.29 is 17.9 Å². The number of carbonyl (C=O) groups excluding carboxylic acids is 1. The van der Waals surface area contributed by atoms with Gasteiger partial charge in [0.05, 0.1) is 16.8 Å². The highest BCUT2D eigenvalue weighted by Gasteiger charge is 2.27. The van der Waals surface area contributed by atoms with Crippen molar-refractivity contribution in [1.82, 2.24) is 5.43 Å². The van der Waals surface area contributed by atoms with Crippen LogP contribution in [0.2, 0.25) is 5.02 Å². The van der Waals surface area contributed by atoms with Gasteiger partial charge in [0.1, 0.15) is 18.9 Å². The van der Waals surface area contributed by atoms with E-state index in [9.17, 15) is 13.2 Å². The Morgan fingerprint density at radius 2 is 1.62 bits per heavy atom. The third-order valence-electron chi connectivity index (χ3n) is 6.00. The number of carbonyl (C=O) groups is 1. The molecule has 4 rings (SSSR count). The number of nitrogens with zero attached hydrogens (tertiary/aromatic N) is 2. The van der Waals surface area contributed by atoms with Gasteiger partial charge < -0.3 is 4.74 Å². The average Bonchev–Trinajstić information content (AvgIpc) is 2.93. The van der Waals surface area contributed by atoms with Crippen LogP contribution >= 0.6 is 11.6 Å². The molecule has 0 saturated heterocycles. The van der Waals surface area contributed by atoms with Crippen LogP contribution in [0.5, 0.6) is 5.75 Å². The Morgan fingerprint density at radius 1 is 0.923 bits per heavy atom. The van der Waals surface area contributed by atoms with Crippen LogP contribution in [-0.4, -0.2) is 27.1 Å². The monoisotopic (exact) mass is 561 g/mol. The van der Waals surface area contributed by atoms with Crippen molar-refractivity contribution in [3.05, 3.63) is 124 Å². The molecule has 7 nitrogen and oxygen atoms in total. The SMILES string of the molecule is Cc1ccc(N(CC(=O)N/N=C\c2ccc(OCc3ccccc3)cc2)S(=O)(=O)c2ccc(Cl)cc2)cc1C. The van der Waals surface area contributed by atoms with E-state index in [-0.39, 0.29) is 4.90 Å². The highest BCUT2D eigenvalue weighted by Crippen LogP contribution is 2.26. The zero-order chi connectivity index (χ0) is 27.8. The second-order valence-electron chi connectivity index (χ2n) is 8.87. The maximum absolute atomic E-state index is 13.5. The van der Waals surface area contributed by atoms with Gasteiger partial charge in [-0.25, -0.2) is 13.8 Å². The molecule has 0 saturated carbocycles. The standard InChI is InChI=1S/C30H28ClN3O4S/c1-22-8-13-27(18-23(22)2)34(39(36,37)29-16-11-26(31)12-17-29)20-30(35)33-32-19-24-9-14-28(15-10-24)38-21-25-6-4-3-5-7-25/h3-19H,20-21H2,1-2H3,(H,33,35)/b32-19-. The number of aryl methyl sites for hydroxylation is 2. The van der Waals surface area contributed by atoms with Crippen molar-refractivity contribution in [1.29, 1.82) is 0 Å². The fourth-order valence-electron chi connectivity index (χ4n) is 3.67. The van der Waals surface area contributed by atoms with E-state index in [4.69, 9.17) is 16.3 Å². The van der Waals surface area contributed by atoms with E-state index in [1.807, 2.05) is 74.5 Å². The Kier molecular flexibility index (Phi) is 9.01. The lowest BCUT2D eigenvalue weighted by molar-refractivity contribution is -0.119. The van der Waals surface area contributed by atoms with E-state index in [1.54, 1.807) is 12.1 Å². The van der Waals surface area contributed by atoms with Gasteiger partial charge in [0, 0.05) is 5.02 Å². The first-order valence-corrected chi connectivity index (χ1v) is 14.0. The van der Waals surface area contributed by atoms with Crippen molar-refractivity contribution in [2.75, 3.05) is 10.8 Å². The number of hydrogen-bond donors (Lipinski definition) is 1. The zero-order valence-electron chi connectivity index (χ0n) is 21.5. The summed E-state index contributed by atoms with van der Waals surface area (Å²) in [5.74, 6) is 0.112. The fourth-order valence-corrected chi connectivity index (χ4v) is 5.20. The van der Waals surface area contributed by atoms with Gasteiger partial charge in [-0.1, -0.05) is 48.0 Å². The number of ether oxygens (including phenoxy) is 1. The predicted molar refractivity (Wildman–Crippen MR) is 155 cm³/mol. The molecule has 39 heavy (non-hydrogen) atoms. The lowest BCUT2D eigenvalue weighted by atomic mass is 10.1. The molecule has 9 heteroatoms. The van der Waals surface area contributed by atoms with E-state index in [1.165, 1.54) is 30.5 Å². The Balaban J connectivity index is 1.43. The molecule has 4 aromatic carbocycles. The molecule has 0 unspecified atom stereocenters. The summed E-state index contributed by atoms with van der Waals surface area (Å²) < 4.78 is 33.8. The number of sulfonamides is 1. The van der Waals surface area contributed by atoms with Crippen molar-refractivity contribution >= 4 is 39.4 Å². The van der Waals surface area contributed by atoms with Gasteiger partial charge in [0.25, 0.3) is 15.9 Å². The summed E-state index contributed by atoms with van der Waals surface area (Å²) in [6.07, 6.45) is 1.48. The first-order valence-electron chi connectivity index (χ1n) is 12.2. The number of nitrogens with one attached hydrogen (secondary N) is 1. The van der Waals surface area contributed by atoms with Crippen molar-refractivity contribution in [2.24, 2.45) is 5.10 Å².